The van der Waals surface area contributed by atoms with E-state index in [0.717, 1.165) is 24.2 Å². The number of methoxy groups -OCH3 is 1. The number of hydrogen-bond acceptors (Lipinski definition) is 5. The molecule has 1 aromatic heterocycles. The number of hydrogen-bond donors (Lipinski definition) is 2. The Hall–Kier alpha value is -2.19. The van der Waals surface area contributed by atoms with E-state index in [1.54, 1.807) is 7.11 Å². The first-order chi connectivity index (χ1) is 13.4. The van der Waals surface area contributed by atoms with Crippen LogP contribution in [0.3, 0.4) is 0 Å². The van der Waals surface area contributed by atoms with Crippen molar-refractivity contribution in [3.63, 3.8) is 0 Å². The van der Waals surface area contributed by atoms with Gasteiger partial charge in [0.25, 0.3) is 5.56 Å². The van der Waals surface area contributed by atoms with Crippen LogP contribution in [-0.2, 0) is 9.53 Å². The summed E-state index contributed by atoms with van der Waals surface area (Å²) in [5.41, 5.74) is 1.10. The molecule has 0 saturated carbocycles. The summed E-state index contributed by atoms with van der Waals surface area (Å²) >= 11 is 1.46. The maximum absolute atomic E-state index is 13.0. The van der Waals surface area contributed by atoms with Gasteiger partial charge in [0.15, 0.2) is 0 Å². The van der Waals surface area contributed by atoms with Crippen LogP contribution < -0.4 is 15.6 Å². The van der Waals surface area contributed by atoms with Gasteiger partial charge in [-0.25, -0.2) is 0 Å². The standard InChI is InChI=1S/C20H25N3O4S/c1-20(2)10-13(7-8-27-20)23-18-16(19(25)22-23)17(28-11-15(24)21-18)12-5-4-6-14(9-12)26-3/h4-6,9,13,17H,7-8,10-11H2,1-3H3,(H,21,24)(H,22,25). The van der Waals surface area contributed by atoms with Crippen molar-refractivity contribution in [1.29, 1.82) is 0 Å². The highest BCUT2D eigenvalue weighted by atomic mass is 32.2. The van der Waals surface area contributed by atoms with Crippen LogP contribution in [0.25, 0.3) is 0 Å². The molecule has 7 nitrogen and oxygen atoms in total. The lowest BCUT2D eigenvalue weighted by atomic mass is 9.94. The summed E-state index contributed by atoms with van der Waals surface area (Å²) in [6.07, 6.45) is 1.55. The Morgan fingerprint density at radius 2 is 2.14 bits per heavy atom. The second-order valence-corrected chi connectivity index (χ2v) is 8.94. The molecule has 0 bridgehead atoms. The maximum Gasteiger partial charge on any atom is 0.270 e. The van der Waals surface area contributed by atoms with Gasteiger partial charge in [-0.2, -0.15) is 0 Å². The highest BCUT2D eigenvalue weighted by Gasteiger charge is 2.36. The SMILES string of the molecule is COc1cccc(C2SCC(=O)Nc3c2c(=O)[nH]n3C2CCOC(C)(C)C2)c1. The van der Waals surface area contributed by atoms with E-state index in [1.165, 1.54) is 11.8 Å². The summed E-state index contributed by atoms with van der Waals surface area (Å²) in [5.74, 6) is 1.49. The molecule has 1 amide bonds. The van der Waals surface area contributed by atoms with E-state index in [9.17, 15) is 9.59 Å². The van der Waals surface area contributed by atoms with Crippen LogP contribution in [-0.4, -0.2) is 40.8 Å². The van der Waals surface area contributed by atoms with Crippen LogP contribution >= 0.6 is 11.8 Å². The van der Waals surface area contributed by atoms with E-state index in [0.29, 0.717) is 18.0 Å². The third kappa shape index (κ3) is 3.58. The molecule has 2 N–H and O–H groups in total. The molecule has 28 heavy (non-hydrogen) atoms. The van der Waals surface area contributed by atoms with Crippen LogP contribution in [0.4, 0.5) is 5.82 Å². The Morgan fingerprint density at radius 1 is 1.32 bits per heavy atom. The average Bonchev–Trinajstić information content (AvgIpc) is 2.87. The quantitative estimate of drug-likeness (QED) is 0.823. The van der Waals surface area contributed by atoms with Gasteiger partial charge in [0.1, 0.15) is 11.6 Å². The molecule has 0 radical (unpaired) electrons. The van der Waals surface area contributed by atoms with Crippen molar-refractivity contribution >= 4 is 23.5 Å². The van der Waals surface area contributed by atoms with E-state index < -0.39 is 0 Å². The van der Waals surface area contributed by atoms with E-state index in [-0.39, 0.29) is 34.1 Å². The molecule has 2 aliphatic rings. The summed E-state index contributed by atoms with van der Waals surface area (Å²) in [4.78, 5) is 25.4. The Morgan fingerprint density at radius 3 is 2.89 bits per heavy atom. The smallest absolute Gasteiger partial charge is 0.270 e. The van der Waals surface area contributed by atoms with Gasteiger partial charge in [0.2, 0.25) is 5.91 Å². The molecule has 2 atom stereocenters. The summed E-state index contributed by atoms with van der Waals surface area (Å²) in [5, 5.41) is 5.70. The Bertz CT molecular complexity index is 949. The molecule has 150 valence electrons. The lowest BCUT2D eigenvalue weighted by molar-refractivity contribution is -0.113. The number of nitrogens with one attached hydrogen (secondary N) is 2. The Balaban J connectivity index is 1.80. The molecule has 1 fully saturated rings. The highest BCUT2D eigenvalue weighted by molar-refractivity contribution is 8.00. The zero-order valence-corrected chi connectivity index (χ0v) is 17.1. The fourth-order valence-corrected chi connectivity index (χ4v) is 5.12. The zero-order chi connectivity index (χ0) is 19.9. The van der Waals surface area contributed by atoms with Gasteiger partial charge in [0, 0.05) is 6.61 Å². The number of ether oxygens (including phenoxy) is 2. The van der Waals surface area contributed by atoms with Crippen molar-refractivity contribution in [3.8, 4) is 5.75 Å². The average molecular weight is 404 g/mol. The van der Waals surface area contributed by atoms with Crippen molar-refractivity contribution in [1.82, 2.24) is 9.78 Å². The molecular weight excluding hydrogens is 378 g/mol. The molecular formula is C20H25N3O4S. The van der Waals surface area contributed by atoms with E-state index in [2.05, 4.69) is 10.4 Å². The molecule has 8 heteroatoms. The number of thioether (sulfide) groups is 1. The number of rotatable bonds is 3. The molecule has 2 aromatic rings. The predicted octanol–water partition coefficient (Wildman–Crippen LogP) is 3.09. The maximum atomic E-state index is 13.0. The number of anilines is 1. The first-order valence-corrected chi connectivity index (χ1v) is 10.5. The van der Waals surface area contributed by atoms with Crippen LogP contribution in [0.15, 0.2) is 29.1 Å². The molecule has 1 saturated heterocycles. The number of aromatic amines is 1. The van der Waals surface area contributed by atoms with Crippen molar-refractivity contribution in [2.24, 2.45) is 0 Å². The number of H-pyrrole nitrogens is 1. The van der Waals surface area contributed by atoms with Gasteiger partial charge in [-0.05, 0) is 44.4 Å². The molecule has 2 unspecified atom stereocenters. The summed E-state index contributed by atoms with van der Waals surface area (Å²) in [6, 6.07) is 7.73. The lowest BCUT2D eigenvalue weighted by Gasteiger charge is -2.36. The first-order valence-electron chi connectivity index (χ1n) is 9.42. The van der Waals surface area contributed by atoms with Crippen LogP contribution in [0.2, 0.25) is 0 Å². The summed E-state index contributed by atoms with van der Waals surface area (Å²) in [6.45, 7) is 4.72. The largest absolute Gasteiger partial charge is 0.497 e. The van der Waals surface area contributed by atoms with E-state index in [4.69, 9.17) is 9.47 Å². The number of carbonyl (C=O) groups is 1. The third-order valence-corrected chi connectivity index (χ3v) is 6.57. The number of benzene rings is 1. The van der Waals surface area contributed by atoms with Gasteiger partial charge in [-0.1, -0.05) is 12.1 Å². The molecule has 3 heterocycles. The number of aromatic nitrogens is 2. The number of nitrogens with zero attached hydrogens (tertiary/aromatic N) is 1. The number of amides is 1. The van der Waals surface area contributed by atoms with E-state index in [1.807, 2.05) is 42.8 Å². The van der Waals surface area contributed by atoms with Gasteiger partial charge in [-0.15, -0.1) is 11.8 Å². The monoisotopic (exact) mass is 403 g/mol. The third-order valence-electron chi connectivity index (χ3n) is 5.30. The second-order valence-electron chi connectivity index (χ2n) is 7.84. The Labute approximate surface area is 167 Å². The van der Waals surface area contributed by atoms with Crippen molar-refractivity contribution < 1.29 is 14.3 Å². The van der Waals surface area contributed by atoms with Gasteiger partial charge in [0.05, 0.1) is 35.3 Å². The minimum Gasteiger partial charge on any atom is -0.497 e. The van der Waals surface area contributed by atoms with Crippen molar-refractivity contribution in [3.05, 3.63) is 45.7 Å². The van der Waals surface area contributed by atoms with Crippen molar-refractivity contribution in [2.75, 3.05) is 24.8 Å². The number of fused-ring (bicyclic) bond motifs is 1. The number of carbonyl (C=O) groups excluding carboxylic acids is 1. The second kappa shape index (κ2) is 7.33. The van der Waals surface area contributed by atoms with Gasteiger partial charge in [-0.3, -0.25) is 19.4 Å². The topological polar surface area (TPSA) is 85.4 Å². The Kier molecular flexibility index (Phi) is 5.01. The van der Waals surface area contributed by atoms with Crippen LogP contribution in [0.1, 0.15) is 49.1 Å². The lowest BCUT2D eigenvalue weighted by Crippen LogP contribution is -2.36. The predicted molar refractivity (Wildman–Crippen MR) is 109 cm³/mol. The molecule has 4 rings (SSSR count). The molecule has 2 aliphatic heterocycles. The normalized spacial score (nSPS) is 24.2. The minimum absolute atomic E-state index is 0.0644. The van der Waals surface area contributed by atoms with Crippen molar-refractivity contribution in [2.45, 2.75) is 43.6 Å². The molecule has 1 aromatic carbocycles. The van der Waals surface area contributed by atoms with Crippen LogP contribution in [0.5, 0.6) is 5.75 Å². The highest BCUT2D eigenvalue weighted by Crippen LogP contribution is 2.42. The van der Waals surface area contributed by atoms with Crippen LogP contribution in [0, 0.1) is 0 Å². The minimum atomic E-state index is -0.271. The van der Waals surface area contributed by atoms with Gasteiger partial charge < -0.3 is 14.8 Å². The fraction of sp³-hybridized carbons (Fsp3) is 0.500. The molecule has 0 spiro atoms. The van der Waals surface area contributed by atoms with Gasteiger partial charge >= 0.3 is 0 Å². The van der Waals surface area contributed by atoms with E-state index >= 15 is 0 Å². The first kappa shape index (κ1) is 19.1. The zero-order valence-electron chi connectivity index (χ0n) is 16.3. The molecule has 0 aliphatic carbocycles. The summed E-state index contributed by atoms with van der Waals surface area (Å²) < 4.78 is 13.0. The fourth-order valence-electron chi connectivity index (χ4n) is 4.01. The summed E-state index contributed by atoms with van der Waals surface area (Å²) in [7, 11) is 1.62.